The predicted molar refractivity (Wildman–Crippen MR) is 127 cm³/mol. The Balaban J connectivity index is 1.43. The number of aryl methyl sites for hydroxylation is 2. The predicted octanol–water partition coefficient (Wildman–Crippen LogP) is 6.71. The molecular formula is C24H19N3O3S2. The molecule has 0 aliphatic carbocycles. The fourth-order valence-corrected chi connectivity index (χ4v) is 5.24. The number of carbonyl (C=O) groups excluding carboxylic acids is 1. The minimum Gasteiger partial charge on any atom is -0.451 e. The minimum absolute atomic E-state index is 0.298. The van der Waals surface area contributed by atoms with E-state index in [2.05, 4.69) is 15.3 Å². The maximum absolute atomic E-state index is 13.2. The van der Waals surface area contributed by atoms with Gasteiger partial charge in [-0.25, -0.2) is 9.97 Å². The molecule has 0 aliphatic rings. The zero-order valence-electron chi connectivity index (χ0n) is 17.4. The number of hydrogen-bond acceptors (Lipinski definition) is 7. The van der Waals surface area contributed by atoms with Crippen LogP contribution < -0.4 is 5.32 Å². The molecule has 0 aliphatic heterocycles. The molecule has 5 aromatic rings. The topological polar surface area (TPSA) is 81.2 Å². The molecule has 5 rings (SSSR count). The van der Waals surface area contributed by atoms with Gasteiger partial charge in [0.25, 0.3) is 5.91 Å². The number of anilines is 1. The smallest absolute Gasteiger partial charge is 0.291 e. The van der Waals surface area contributed by atoms with Crippen LogP contribution in [0.15, 0.2) is 73.3 Å². The second-order valence-corrected chi connectivity index (χ2v) is 9.34. The van der Waals surface area contributed by atoms with Crippen LogP contribution in [0.4, 0.5) is 5.69 Å². The Morgan fingerprint density at radius 2 is 2.00 bits per heavy atom. The van der Waals surface area contributed by atoms with E-state index in [9.17, 15) is 4.79 Å². The lowest BCUT2D eigenvalue weighted by Crippen LogP contribution is -2.12. The monoisotopic (exact) mass is 461 g/mol. The largest absolute Gasteiger partial charge is 0.451 e. The summed E-state index contributed by atoms with van der Waals surface area (Å²) in [6.07, 6.45) is 1.67. The van der Waals surface area contributed by atoms with E-state index < -0.39 is 0 Å². The summed E-state index contributed by atoms with van der Waals surface area (Å²) in [6.45, 7) is 3.82. The number of carbonyl (C=O) groups is 1. The minimum atomic E-state index is -0.298. The van der Waals surface area contributed by atoms with E-state index in [0.717, 1.165) is 32.3 Å². The van der Waals surface area contributed by atoms with Gasteiger partial charge in [0.05, 0.1) is 6.20 Å². The van der Waals surface area contributed by atoms with Gasteiger partial charge >= 0.3 is 0 Å². The zero-order chi connectivity index (χ0) is 22.1. The van der Waals surface area contributed by atoms with Gasteiger partial charge in [0.1, 0.15) is 15.7 Å². The molecule has 3 heterocycles. The van der Waals surface area contributed by atoms with Crippen molar-refractivity contribution in [3.63, 3.8) is 0 Å². The highest BCUT2D eigenvalue weighted by Gasteiger charge is 2.21. The van der Waals surface area contributed by atoms with Crippen LogP contribution in [0, 0.1) is 13.8 Å². The number of furan rings is 1. The van der Waals surface area contributed by atoms with Crippen LogP contribution in [-0.4, -0.2) is 15.9 Å². The van der Waals surface area contributed by atoms with Crippen molar-refractivity contribution in [2.45, 2.75) is 23.9 Å². The number of nitrogens with one attached hydrogen (secondary N) is 1. The summed E-state index contributed by atoms with van der Waals surface area (Å²) in [5.41, 5.74) is 3.96. The number of fused-ring (bicyclic) bond motifs is 1. The van der Waals surface area contributed by atoms with Crippen molar-refractivity contribution in [1.29, 1.82) is 0 Å². The van der Waals surface area contributed by atoms with Crippen molar-refractivity contribution in [2.24, 2.45) is 0 Å². The van der Waals surface area contributed by atoms with E-state index in [1.807, 2.05) is 67.8 Å². The average molecular weight is 462 g/mol. The number of thioether (sulfide) groups is 1. The van der Waals surface area contributed by atoms with E-state index in [4.69, 9.17) is 8.83 Å². The van der Waals surface area contributed by atoms with Crippen LogP contribution in [0.2, 0.25) is 0 Å². The first kappa shape index (κ1) is 20.5. The fraction of sp³-hybridized carbons (Fsp3) is 0.125. The molecule has 0 atom stereocenters. The number of aromatic nitrogens is 2. The average Bonchev–Trinajstić information content (AvgIpc) is 3.51. The normalized spacial score (nSPS) is 11.2. The van der Waals surface area contributed by atoms with Gasteiger partial charge in [0, 0.05) is 39.0 Å². The van der Waals surface area contributed by atoms with Crippen LogP contribution in [0.3, 0.4) is 0 Å². The van der Waals surface area contributed by atoms with Crippen molar-refractivity contribution >= 4 is 45.7 Å². The fourth-order valence-electron chi connectivity index (χ4n) is 3.36. The number of thiazole rings is 1. The lowest BCUT2D eigenvalue weighted by molar-refractivity contribution is 0.0998. The van der Waals surface area contributed by atoms with Crippen LogP contribution in [0.5, 0.6) is 0 Å². The van der Waals surface area contributed by atoms with E-state index in [1.165, 1.54) is 0 Å². The quantitative estimate of drug-likeness (QED) is 0.283. The second-order valence-electron chi connectivity index (χ2n) is 7.26. The lowest BCUT2D eigenvalue weighted by atomic mass is 10.1. The molecule has 0 unspecified atom stereocenters. The van der Waals surface area contributed by atoms with Crippen LogP contribution in [-0.2, 0) is 5.75 Å². The SMILES string of the molecule is Cc1csc(SCc2c(C(=O)Nc3cccc(-c4ncc(C)o4)c3)oc3ccccc23)n1. The molecule has 0 fully saturated rings. The number of hydrogen-bond donors (Lipinski definition) is 1. The Morgan fingerprint density at radius 1 is 1.12 bits per heavy atom. The van der Waals surface area contributed by atoms with Gasteiger partial charge in [-0.1, -0.05) is 36.0 Å². The molecule has 1 amide bonds. The molecule has 2 aromatic carbocycles. The van der Waals surface area contributed by atoms with Gasteiger partial charge in [-0.2, -0.15) is 0 Å². The Kier molecular flexibility index (Phi) is 5.55. The Hall–Kier alpha value is -3.36. The van der Waals surface area contributed by atoms with Crippen LogP contribution in [0.25, 0.3) is 22.4 Å². The third-order valence-electron chi connectivity index (χ3n) is 4.83. The van der Waals surface area contributed by atoms with Gasteiger partial charge in [-0.15, -0.1) is 11.3 Å². The molecule has 0 spiro atoms. The van der Waals surface area contributed by atoms with Crippen molar-refractivity contribution in [3.05, 3.63) is 82.9 Å². The van der Waals surface area contributed by atoms with Gasteiger partial charge in [0.15, 0.2) is 5.76 Å². The lowest BCUT2D eigenvalue weighted by Gasteiger charge is -2.06. The van der Waals surface area contributed by atoms with E-state index in [0.29, 0.717) is 28.7 Å². The number of para-hydroxylation sites is 1. The Morgan fingerprint density at radius 3 is 2.78 bits per heavy atom. The van der Waals surface area contributed by atoms with Gasteiger partial charge in [-0.05, 0) is 38.1 Å². The maximum Gasteiger partial charge on any atom is 0.291 e. The summed E-state index contributed by atoms with van der Waals surface area (Å²) in [5.74, 6) is 1.84. The molecule has 1 N–H and O–H groups in total. The molecule has 160 valence electrons. The highest BCUT2D eigenvalue weighted by molar-refractivity contribution is 8.00. The Labute approximate surface area is 192 Å². The third-order valence-corrected chi connectivity index (χ3v) is 7.00. The molecular weight excluding hydrogens is 442 g/mol. The highest BCUT2D eigenvalue weighted by Crippen LogP contribution is 2.34. The first-order chi connectivity index (χ1) is 15.6. The number of oxazole rings is 1. The first-order valence-electron chi connectivity index (χ1n) is 9.96. The standard InChI is InChI=1S/C24H19N3O3S2/c1-14-12-31-24(26-14)32-13-19-18-8-3-4-9-20(18)30-21(19)22(28)27-17-7-5-6-16(10-17)23-25-11-15(2)29-23/h3-12H,13H2,1-2H3,(H,27,28). The molecule has 0 saturated heterocycles. The van der Waals surface area contributed by atoms with Crippen molar-refractivity contribution < 1.29 is 13.6 Å². The summed E-state index contributed by atoms with van der Waals surface area (Å²) in [5, 5.41) is 5.91. The maximum atomic E-state index is 13.2. The summed E-state index contributed by atoms with van der Waals surface area (Å²) in [6, 6.07) is 15.1. The molecule has 32 heavy (non-hydrogen) atoms. The number of nitrogens with zero attached hydrogens (tertiary/aromatic N) is 2. The number of rotatable bonds is 6. The third kappa shape index (κ3) is 4.19. The van der Waals surface area contributed by atoms with Crippen molar-refractivity contribution in [3.8, 4) is 11.5 Å². The zero-order valence-corrected chi connectivity index (χ0v) is 19.0. The van der Waals surface area contributed by atoms with Gasteiger partial charge in [-0.3, -0.25) is 4.79 Å². The van der Waals surface area contributed by atoms with Gasteiger partial charge < -0.3 is 14.2 Å². The van der Waals surface area contributed by atoms with Crippen LogP contribution in [0.1, 0.15) is 27.6 Å². The first-order valence-corrected chi connectivity index (χ1v) is 11.8. The Bertz CT molecular complexity index is 1420. The van der Waals surface area contributed by atoms with E-state index in [-0.39, 0.29) is 5.91 Å². The highest BCUT2D eigenvalue weighted by atomic mass is 32.2. The summed E-state index contributed by atoms with van der Waals surface area (Å²) >= 11 is 3.20. The molecule has 6 nitrogen and oxygen atoms in total. The van der Waals surface area contributed by atoms with Crippen molar-refractivity contribution in [2.75, 3.05) is 5.32 Å². The molecule has 8 heteroatoms. The summed E-state index contributed by atoms with van der Waals surface area (Å²) < 4.78 is 12.5. The van der Waals surface area contributed by atoms with E-state index in [1.54, 1.807) is 29.3 Å². The summed E-state index contributed by atoms with van der Waals surface area (Å²) in [4.78, 5) is 22.0. The number of amides is 1. The number of benzene rings is 2. The molecule has 3 aromatic heterocycles. The molecule has 0 radical (unpaired) electrons. The van der Waals surface area contributed by atoms with E-state index >= 15 is 0 Å². The second kappa shape index (κ2) is 8.64. The van der Waals surface area contributed by atoms with Crippen molar-refractivity contribution in [1.82, 2.24) is 9.97 Å². The molecule has 0 saturated carbocycles. The molecule has 0 bridgehead atoms. The van der Waals surface area contributed by atoms with Crippen LogP contribution >= 0.6 is 23.1 Å². The summed E-state index contributed by atoms with van der Waals surface area (Å²) in [7, 11) is 0. The van der Waals surface area contributed by atoms with Gasteiger partial charge in [0.2, 0.25) is 5.89 Å².